The van der Waals surface area contributed by atoms with Crippen molar-refractivity contribution >= 4 is 26.7 Å². The van der Waals surface area contributed by atoms with Gasteiger partial charge in [0.05, 0.1) is 29.7 Å². The molecule has 0 unspecified atom stereocenters. The van der Waals surface area contributed by atoms with Crippen molar-refractivity contribution in [1.29, 1.82) is 0 Å². The molecule has 140 valence electrons. The maximum Gasteiger partial charge on any atom is 0.290 e. The van der Waals surface area contributed by atoms with Crippen molar-refractivity contribution in [3.63, 3.8) is 0 Å². The maximum absolute atomic E-state index is 13.1. The Hall–Kier alpha value is -2.87. The fraction of sp³-hybridized carbons (Fsp3) is 0.263. The van der Waals surface area contributed by atoms with Gasteiger partial charge in [-0.15, -0.1) is 0 Å². The van der Waals surface area contributed by atoms with E-state index in [-0.39, 0.29) is 29.2 Å². The van der Waals surface area contributed by atoms with Crippen molar-refractivity contribution in [1.82, 2.24) is 4.90 Å². The molecule has 0 spiro atoms. The number of nitrogens with zero attached hydrogens (tertiary/aromatic N) is 1. The second-order valence-electron chi connectivity index (χ2n) is 6.54. The van der Waals surface area contributed by atoms with E-state index in [9.17, 15) is 18.0 Å². The van der Waals surface area contributed by atoms with Gasteiger partial charge in [0.2, 0.25) is 0 Å². The minimum Gasteiger partial charge on any atom is -0.467 e. The van der Waals surface area contributed by atoms with Crippen molar-refractivity contribution in [2.24, 2.45) is 0 Å². The average Bonchev–Trinajstić information content (AvgIpc) is 3.28. The summed E-state index contributed by atoms with van der Waals surface area (Å²) in [6.45, 7) is 0.0998. The number of amides is 1. The van der Waals surface area contributed by atoms with Crippen molar-refractivity contribution in [3.05, 3.63) is 70.5 Å². The highest BCUT2D eigenvalue weighted by Gasteiger charge is 2.36. The number of hydrogen-bond donors (Lipinski definition) is 0. The summed E-state index contributed by atoms with van der Waals surface area (Å²) in [5.74, 6) is -0.208. The molecule has 3 heterocycles. The molecule has 2 aromatic heterocycles. The second kappa shape index (κ2) is 6.70. The zero-order valence-electron chi connectivity index (χ0n) is 14.3. The lowest BCUT2D eigenvalue weighted by Crippen LogP contribution is -2.40. The predicted octanol–water partition coefficient (Wildman–Crippen LogP) is 2.22. The molecule has 0 saturated carbocycles. The standard InChI is InChI=1S/C19H17NO6S/c21-16-10-18(26-17-6-2-1-5-15(16)17)19(22)20(11-14-4-3-8-25-14)13-7-9-27(23,24)12-13/h1-6,8,10,13H,7,9,11-12H2/t13-/m1/s1. The fourth-order valence-corrected chi connectivity index (χ4v) is 5.04. The van der Waals surface area contributed by atoms with Gasteiger partial charge in [-0.3, -0.25) is 9.59 Å². The van der Waals surface area contributed by atoms with Crippen LogP contribution in [0, 0.1) is 0 Å². The van der Waals surface area contributed by atoms with Gasteiger partial charge in [0.15, 0.2) is 21.0 Å². The molecule has 0 radical (unpaired) electrons. The summed E-state index contributed by atoms with van der Waals surface area (Å²) in [5, 5.41) is 0.384. The summed E-state index contributed by atoms with van der Waals surface area (Å²) < 4.78 is 34.8. The lowest BCUT2D eigenvalue weighted by Gasteiger charge is -2.26. The highest BCUT2D eigenvalue weighted by atomic mass is 32.2. The monoisotopic (exact) mass is 387 g/mol. The molecule has 1 atom stereocenters. The Morgan fingerprint density at radius 2 is 2.00 bits per heavy atom. The average molecular weight is 387 g/mol. The Morgan fingerprint density at radius 3 is 2.70 bits per heavy atom. The molecule has 1 aromatic carbocycles. The molecule has 0 bridgehead atoms. The smallest absolute Gasteiger partial charge is 0.290 e. The van der Waals surface area contributed by atoms with Crippen LogP contribution in [0.25, 0.3) is 11.0 Å². The van der Waals surface area contributed by atoms with Crippen LogP contribution in [0.1, 0.15) is 22.7 Å². The number of carbonyl (C=O) groups is 1. The van der Waals surface area contributed by atoms with Crippen LogP contribution in [0.15, 0.2) is 62.4 Å². The lowest BCUT2D eigenvalue weighted by atomic mass is 10.1. The molecule has 8 heteroatoms. The Morgan fingerprint density at radius 1 is 1.19 bits per heavy atom. The van der Waals surface area contributed by atoms with E-state index in [0.717, 1.165) is 6.07 Å². The van der Waals surface area contributed by atoms with Gasteiger partial charge in [0, 0.05) is 12.1 Å². The van der Waals surface area contributed by atoms with Crippen LogP contribution in [-0.2, 0) is 16.4 Å². The largest absolute Gasteiger partial charge is 0.467 e. The van der Waals surface area contributed by atoms with Crippen LogP contribution >= 0.6 is 0 Å². The molecule has 1 aliphatic rings. The van der Waals surface area contributed by atoms with Crippen molar-refractivity contribution in [3.8, 4) is 0 Å². The highest BCUT2D eigenvalue weighted by Crippen LogP contribution is 2.23. The molecule has 0 aliphatic carbocycles. The van der Waals surface area contributed by atoms with Crippen LogP contribution in [0.2, 0.25) is 0 Å². The number of fused-ring (bicyclic) bond motifs is 1. The Labute approximate surface area is 155 Å². The summed E-state index contributed by atoms with van der Waals surface area (Å²) in [6.07, 6.45) is 1.83. The SMILES string of the molecule is O=C(c1cc(=O)c2ccccc2o1)N(Cc1ccco1)[C@@H]1CCS(=O)(=O)C1. The van der Waals surface area contributed by atoms with E-state index in [4.69, 9.17) is 8.83 Å². The minimum atomic E-state index is -3.19. The molecule has 27 heavy (non-hydrogen) atoms. The van der Waals surface area contributed by atoms with Gasteiger partial charge in [-0.2, -0.15) is 0 Å². The molecular weight excluding hydrogens is 370 g/mol. The number of furan rings is 1. The third-order valence-electron chi connectivity index (χ3n) is 4.66. The van der Waals surface area contributed by atoms with Crippen LogP contribution < -0.4 is 5.43 Å². The molecule has 3 aromatic rings. The molecule has 4 rings (SSSR count). The van der Waals surface area contributed by atoms with E-state index in [0.29, 0.717) is 23.2 Å². The fourth-order valence-electron chi connectivity index (χ4n) is 3.31. The molecular formula is C19H17NO6S. The zero-order valence-corrected chi connectivity index (χ0v) is 15.1. The summed E-state index contributed by atoms with van der Waals surface area (Å²) >= 11 is 0. The third kappa shape index (κ3) is 3.52. The molecule has 1 fully saturated rings. The first kappa shape index (κ1) is 17.5. The summed E-state index contributed by atoms with van der Waals surface area (Å²) in [4.78, 5) is 26.9. The molecule has 0 N–H and O–H groups in total. The minimum absolute atomic E-state index is 0.0290. The Balaban J connectivity index is 1.73. The van der Waals surface area contributed by atoms with E-state index >= 15 is 0 Å². The van der Waals surface area contributed by atoms with E-state index < -0.39 is 21.8 Å². The van der Waals surface area contributed by atoms with Gasteiger partial charge in [-0.1, -0.05) is 12.1 Å². The number of hydrogen-bond acceptors (Lipinski definition) is 6. The third-order valence-corrected chi connectivity index (χ3v) is 6.41. The number of rotatable bonds is 4. The van der Waals surface area contributed by atoms with Gasteiger partial charge in [-0.25, -0.2) is 8.42 Å². The van der Waals surface area contributed by atoms with Crippen LogP contribution in [-0.4, -0.2) is 36.8 Å². The van der Waals surface area contributed by atoms with Gasteiger partial charge >= 0.3 is 0 Å². The van der Waals surface area contributed by atoms with Crippen LogP contribution in [0.3, 0.4) is 0 Å². The van der Waals surface area contributed by atoms with E-state index in [1.165, 1.54) is 11.2 Å². The topological polar surface area (TPSA) is 97.8 Å². The first-order valence-corrected chi connectivity index (χ1v) is 10.3. The van der Waals surface area contributed by atoms with Gasteiger partial charge in [-0.05, 0) is 30.7 Å². The summed E-state index contributed by atoms with van der Waals surface area (Å²) in [5.41, 5.74) is -0.0115. The van der Waals surface area contributed by atoms with Gasteiger partial charge in [0.1, 0.15) is 11.3 Å². The number of para-hydroxylation sites is 1. The van der Waals surface area contributed by atoms with E-state index in [2.05, 4.69) is 0 Å². The highest BCUT2D eigenvalue weighted by molar-refractivity contribution is 7.91. The zero-order chi connectivity index (χ0) is 19.0. The molecule has 1 saturated heterocycles. The van der Waals surface area contributed by atoms with Crippen molar-refractivity contribution < 1.29 is 22.0 Å². The molecule has 7 nitrogen and oxygen atoms in total. The lowest BCUT2D eigenvalue weighted by molar-refractivity contribution is 0.0634. The van der Waals surface area contributed by atoms with Crippen molar-refractivity contribution in [2.75, 3.05) is 11.5 Å². The Kier molecular flexibility index (Phi) is 4.35. The number of carbonyl (C=O) groups excluding carboxylic acids is 1. The van der Waals surface area contributed by atoms with Crippen LogP contribution in [0.5, 0.6) is 0 Å². The van der Waals surface area contributed by atoms with Gasteiger partial charge < -0.3 is 13.7 Å². The normalized spacial score (nSPS) is 18.6. The maximum atomic E-state index is 13.1. The molecule has 1 amide bonds. The Bertz CT molecular complexity index is 1150. The summed E-state index contributed by atoms with van der Waals surface area (Å²) in [7, 11) is -3.19. The second-order valence-corrected chi connectivity index (χ2v) is 8.77. The predicted molar refractivity (Wildman–Crippen MR) is 98.1 cm³/mol. The summed E-state index contributed by atoms with van der Waals surface area (Å²) in [6, 6.07) is 10.7. The van der Waals surface area contributed by atoms with Gasteiger partial charge in [0.25, 0.3) is 5.91 Å². The number of sulfone groups is 1. The van der Waals surface area contributed by atoms with Crippen LogP contribution in [0.4, 0.5) is 0 Å². The first-order chi connectivity index (χ1) is 12.9. The first-order valence-electron chi connectivity index (χ1n) is 8.50. The van der Waals surface area contributed by atoms with E-state index in [1.54, 1.807) is 36.4 Å². The van der Waals surface area contributed by atoms with Crippen molar-refractivity contribution in [2.45, 2.75) is 19.0 Å². The number of benzene rings is 1. The molecule has 1 aliphatic heterocycles. The van der Waals surface area contributed by atoms with E-state index in [1.807, 2.05) is 0 Å². The quantitative estimate of drug-likeness (QED) is 0.681.